The van der Waals surface area contributed by atoms with Crippen molar-refractivity contribution in [3.63, 3.8) is 0 Å². The van der Waals surface area contributed by atoms with Crippen LogP contribution in [0.3, 0.4) is 0 Å². The van der Waals surface area contributed by atoms with Crippen molar-refractivity contribution in [3.05, 3.63) is 35.4 Å². The summed E-state index contributed by atoms with van der Waals surface area (Å²) in [6.45, 7) is 8.09. The monoisotopic (exact) mass is 229 g/mol. The molecule has 0 radical (unpaired) electrons. The van der Waals surface area contributed by atoms with E-state index >= 15 is 0 Å². The van der Waals surface area contributed by atoms with Crippen molar-refractivity contribution in [1.82, 2.24) is 5.32 Å². The van der Waals surface area contributed by atoms with Gasteiger partial charge in [-0.25, -0.2) is 0 Å². The number of piperidine rings is 1. The average molecular weight is 229 g/mol. The Morgan fingerprint density at radius 3 is 2.24 bits per heavy atom. The molecule has 2 bridgehead atoms. The third-order valence-corrected chi connectivity index (χ3v) is 4.53. The van der Waals surface area contributed by atoms with Gasteiger partial charge >= 0.3 is 0 Å². The Kier molecular flexibility index (Phi) is 2.55. The first kappa shape index (κ1) is 11.3. The van der Waals surface area contributed by atoms with Crippen molar-refractivity contribution in [2.24, 2.45) is 5.92 Å². The summed E-state index contributed by atoms with van der Waals surface area (Å²) >= 11 is 0. The molecule has 0 aromatic heterocycles. The number of fused-ring (bicyclic) bond motifs is 2. The van der Waals surface area contributed by atoms with Crippen LogP contribution in [0.25, 0.3) is 0 Å². The van der Waals surface area contributed by atoms with E-state index in [4.69, 9.17) is 0 Å². The third kappa shape index (κ3) is 2.01. The minimum Gasteiger partial charge on any atom is -0.313 e. The van der Waals surface area contributed by atoms with Gasteiger partial charge in [-0.05, 0) is 47.8 Å². The number of nitrogens with one attached hydrogen (secondary N) is 1. The Labute approximate surface area is 105 Å². The predicted molar refractivity (Wildman–Crippen MR) is 72.4 cm³/mol. The summed E-state index contributed by atoms with van der Waals surface area (Å²) in [6.07, 6.45) is 2.79. The SMILES string of the molecule is CC(C)(C)c1ccc([C@@H]2C[C@H]3CN[C@@H]2C3)cc1. The molecule has 0 spiro atoms. The molecule has 1 aliphatic heterocycles. The topological polar surface area (TPSA) is 12.0 Å². The maximum atomic E-state index is 3.65. The molecule has 1 saturated heterocycles. The van der Waals surface area contributed by atoms with E-state index in [-0.39, 0.29) is 5.41 Å². The van der Waals surface area contributed by atoms with Crippen LogP contribution in [-0.2, 0) is 5.41 Å². The Morgan fingerprint density at radius 1 is 1.06 bits per heavy atom. The highest BCUT2D eigenvalue weighted by Gasteiger charge is 2.39. The van der Waals surface area contributed by atoms with Crippen molar-refractivity contribution in [3.8, 4) is 0 Å². The standard InChI is InChI=1S/C16H23N/c1-16(2,3)13-6-4-12(5-7-13)14-8-11-9-15(14)17-10-11/h4-7,11,14-15,17H,8-10H2,1-3H3/t11-,14+,15-/m1/s1. The first-order valence-corrected chi connectivity index (χ1v) is 6.88. The second-order valence-electron chi connectivity index (χ2n) is 6.83. The maximum absolute atomic E-state index is 3.65. The first-order chi connectivity index (χ1) is 8.04. The third-order valence-electron chi connectivity index (χ3n) is 4.53. The first-order valence-electron chi connectivity index (χ1n) is 6.88. The van der Waals surface area contributed by atoms with E-state index in [0.717, 1.165) is 17.9 Å². The van der Waals surface area contributed by atoms with E-state index < -0.39 is 0 Å². The van der Waals surface area contributed by atoms with E-state index in [0.29, 0.717) is 0 Å². The molecule has 1 aliphatic carbocycles. The molecule has 1 aromatic carbocycles. The lowest BCUT2D eigenvalue weighted by Gasteiger charge is -2.25. The van der Waals surface area contributed by atoms with E-state index in [2.05, 4.69) is 50.4 Å². The van der Waals surface area contributed by atoms with Gasteiger partial charge in [0.1, 0.15) is 0 Å². The number of benzene rings is 1. The normalized spacial score (nSPS) is 32.1. The summed E-state index contributed by atoms with van der Waals surface area (Å²) in [5.74, 6) is 1.70. The summed E-state index contributed by atoms with van der Waals surface area (Å²) in [5, 5.41) is 3.65. The van der Waals surface area contributed by atoms with Gasteiger partial charge in [0.25, 0.3) is 0 Å². The zero-order valence-corrected chi connectivity index (χ0v) is 11.2. The molecule has 92 valence electrons. The summed E-state index contributed by atoms with van der Waals surface area (Å²) in [7, 11) is 0. The molecule has 0 unspecified atom stereocenters. The highest BCUT2D eigenvalue weighted by Crippen LogP contribution is 2.42. The Bertz CT molecular complexity index is 399. The van der Waals surface area contributed by atoms with E-state index in [1.165, 1.54) is 30.5 Å². The second kappa shape index (κ2) is 3.84. The van der Waals surface area contributed by atoms with E-state index in [1.807, 2.05) is 0 Å². The Balaban J connectivity index is 1.81. The molecule has 0 amide bonds. The molecule has 1 N–H and O–H groups in total. The number of hydrogen-bond donors (Lipinski definition) is 1. The molecular weight excluding hydrogens is 206 g/mol. The number of hydrogen-bond acceptors (Lipinski definition) is 1. The molecule has 3 rings (SSSR count). The van der Waals surface area contributed by atoms with Crippen LogP contribution < -0.4 is 5.32 Å². The fourth-order valence-electron chi connectivity index (χ4n) is 3.45. The van der Waals surface area contributed by atoms with Crippen LogP contribution in [-0.4, -0.2) is 12.6 Å². The minimum atomic E-state index is 0.269. The van der Waals surface area contributed by atoms with Crippen LogP contribution in [0.2, 0.25) is 0 Å². The van der Waals surface area contributed by atoms with Gasteiger partial charge in [-0.3, -0.25) is 0 Å². The van der Waals surface area contributed by atoms with Crippen LogP contribution in [0.15, 0.2) is 24.3 Å². The zero-order chi connectivity index (χ0) is 12.0. The van der Waals surface area contributed by atoms with Crippen LogP contribution >= 0.6 is 0 Å². The van der Waals surface area contributed by atoms with Gasteiger partial charge < -0.3 is 5.32 Å². The smallest absolute Gasteiger partial charge is 0.0139 e. The largest absolute Gasteiger partial charge is 0.313 e. The van der Waals surface area contributed by atoms with Crippen LogP contribution in [0.4, 0.5) is 0 Å². The number of rotatable bonds is 1. The lowest BCUT2D eigenvalue weighted by molar-refractivity contribution is 0.448. The Morgan fingerprint density at radius 2 is 1.76 bits per heavy atom. The molecule has 1 nitrogen and oxygen atoms in total. The molecule has 1 saturated carbocycles. The van der Waals surface area contributed by atoms with Gasteiger partial charge in [-0.1, -0.05) is 45.0 Å². The fourth-order valence-corrected chi connectivity index (χ4v) is 3.45. The summed E-state index contributed by atoms with van der Waals surface area (Å²) in [4.78, 5) is 0. The lowest BCUT2D eigenvalue weighted by Crippen LogP contribution is -2.31. The minimum absolute atomic E-state index is 0.269. The molecule has 1 heterocycles. The molecule has 1 aromatic rings. The summed E-state index contributed by atoms with van der Waals surface area (Å²) < 4.78 is 0. The highest BCUT2D eigenvalue weighted by molar-refractivity contribution is 5.31. The molecule has 2 aliphatic rings. The van der Waals surface area contributed by atoms with E-state index in [1.54, 1.807) is 0 Å². The van der Waals surface area contributed by atoms with Crippen molar-refractivity contribution in [2.75, 3.05) is 6.54 Å². The summed E-state index contributed by atoms with van der Waals surface area (Å²) in [5.41, 5.74) is 3.25. The molecule has 1 heteroatoms. The quantitative estimate of drug-likeness (QED) is 0.777. The van der Waals surface area contributed by atoms with Crippen LogP contribution in [0, 0.1) is 5.92 Å². The van der Waals surface area contributed by atoms with E-state index in [9.17, 15) is 0 Å². The van der Waals surface area contributed by atoms with Gasteiger partial charge in [-0.15, -0.1) is 0 Å². The fraction of sp³-hybridized carbons (Fsp3) is 0.625. The van der Waals surface area contributed by atoms with Gasteiger partial charge in [-0.2, -0.15) is 0 Å². The van der Waals surface area contributed by atoms with Gasteiger partial charge in [0.2, 0.25) is 0 Å². The van der Waals surface area contributed by atoms with Gasteiger partial charge in [0.05, 0.1) is 0 Å². The predicted octanol–water partition coefficient (Wildman–Crippen LogP) is 3.45. The molecule has 17 heavy (non-hydrogen) atoms. The Hall–Kier alpha value is -0.820. The molecule has 2 fully saturated rings. The van der Waals surface area contributed by atoms with Crippen LogP contribution in [0.5, 0.6) is 0 Å². The van der Waals surface area contributed by atoms with Gasteiger partial charge in [0.15, 0.2) is 0 Å². The van der Waals surface area contributed by atoms with Crippen LogP contribution in [0.1, 0.15) is 50.7 Å². The molecule has 3 atom stereocenters. The second-order valence-corrected chi connectivity index (χ2v) is 6.83. The highest BCUT2D eigenvalue weighted by atomic mass is 15.0. The van der Waals surface area contributed by atoms with Crippen molar-refractivity contribution in [2.45, 2.75) is 51.0 Å². The summed E-state index contributed by atoms with van der Waals surface area (Å²) in [6, 6.07) is 10.1. The van der Waals surface area contributed by atoms with Crippen molar-refractivity contribution >= 4 is 0 Å². The van der Waals surface area contributed by atoms with Crippen molar-refractivity contribution < 1.29 is 0 Å². The lowest BCUT2D eigenvalue weighted by atomic mass is 9.84. The molecular formula is C16H23N. The zero-order valence-electron chi connectivity index (χ0n) is 11.2. The maximum Gasteiger partial charge on any atom is 0.0139 e. The average Bonchev–Trinajstić information content (AvgIpc) is 2.89. The van der Waals surface area contributed by atoms with Gasteiger partial charge in [0, 0.05) is 6.04 Å². The van der Waals surface area contributed by atoms with Crippen molar-refractivity contribution in [1.29, 1.82) is 0 Å².